The first-order valence-electron chi connectivity index (χ1n) is 4.95. The number of H-pyrrole nitrogens is 2. The molecule has 2 aromatic rings. The van der Waals surface area contributed by atoms with Crippen molar-refractivity contribution in [2.45, 2.75) is 13.8 Å². The molecule has 0 aromatic carbocycles. The summed E-state index contributed by atoms with van der Waals surface area (Å²) in [4.78, 5) is 0. The summed E-state index contributed by atoms with van der Waals surface area (Å²) in [7, 11) is 1.90. The van der Waals surface area contributed by atoms with Gasteiger partial charge in [-0.25, -0.2) is 0 Å². The van der Waals surface area contributed by atoms with E-state index in [1.165, 1.54) is 4.68 Å². The Morgan fingerprint density at radius 2 is 1.82 bits per heavy atom. The second kappa shape index (κ2) is 4.38. The molecule has 2 rings (SSSR count). The maximum absolute atomic E-state index is 5.03. The molecule has 0 fully saturated rings. The van der Waals surface area contributed by atoms with Gasteiger partial charge in [0.2, 0.25) is 9.54 Å². The Morgan fingerprint density at radius 3 is 2.29 bits per heavy atom. The van der Waals surface area contributed by atoms with E-state index in [4.69, 9.17) is 24.4 Å². The molecule has 90 valence electrons. The normalized spacial score (nSPS) is 11.5. The van der Waals surface area contributed by atoms with Gasteiger partial charge in [0.05, 0.1) is 11.9 Å². The Labute approximate surface area is 108 Å². The summed E-state index contributed by atoms with van der Waals surface area (Å²) >= 11 is 10.1. The van der Waals surface area contributed by atoms with Gasteiger partial charge in [-0.1, -0.05) is 0 Å². The van der Waals surface area contributed by atoms with Gasteiger partial charge in [0, 0.05) is 18.3 Å². The summed E-state index contributed by atoms with van der Waals surface area (Å²) in [5.41, 5.74) is 2.94. The van der Waals surface area contributed by atoms with Crippen molar-refractivity contribution in [3.05, 3.63) is 26.5 Å². The van der Waals surface area contributed by atoms with Gasteiger partial charge in [-0.2, -0.15) is 14.9 Å². The van der Waals surface area contributed by atoms with Crippen molar-refractivity contribution in [2.75, 3.05) is 0 Å². The molecule has 0 aliphatic carbocycles. The number of rotatable bonds is 2. The third kappa shape index (κ3) is 2.13. The van der Waals surface area contributed by atoms with Crippen molar-refractivity contribution >= 4 is 30.7 Å². The van der Waals surface area contributed by atoms with Crippen LogP contribution in [-0.2, 0) is 7.05 Å². The summed E-state index contributed by atoms with van der Waals surface area (Å²) in [5.74, 6) is 0. The minimum absolute atomic E-state index is 0.436. The third-order valence-corrected chi connectivity index (χ3v) is 3.08. The topological polar surface area (TPSA) is 66.7 Å². The summed E-state index contributed by atoms with van der Waals surface area (Å²) in [6.45, 7) is 3.92. The molecule has 17 heavy (non-hydrogen) atoms. The predicted molar refractivity (Wildman–Crippen MR) is 70.5 cm³/mol. The molecule has 0 radical (unpaired) electrons. The Hall–Kier alpha value is -1.54. The van der Waals surface area contributed by atoms with Gasteiger partial charge in [-0.05, 0) is 38.3 Å². The largest absolute Gasteiger partial charge is 0.273 e. The molecule has 2 heterocycles. The van der Waals surface area contributed by atoms with Crippen molar-refractivity contribution in [1.82, 2.24) is 24.7 Å². The predicted octanol–water partition coefficient (Wildman–Crippen LogP) is 1.84. The van der Waals surface area contributed by atoms with Crippen LogP contribution in [0.25, 0.3) is 0 Å². The van der Waals surface area contributed by atoms with Gasteiger partial charge in [0.1, 0.15) is 0 Å². The minimum Gasteiger partial charge on any atom is -0.273 e. The van der Waals surface area contributed by atoms with Crippen LogP contribution in [0.15, 0.2) is 5.10 Å². The third-order valence-electron chi connectivity index (χ3n) is 2.53. The lowest BCUT2D eigenvalue weighted by Gasteiger charge is -1.94. The Balaban J connectivity index is 2.46. The van der Waals surface area contributed by atoms with Gasteiger partial charge in [-0.3, -0.25) is 14.9 Å². The van der Waals surface area contributed by atoms with Crippen LogP contribution >= 0.6 is 24.4 Å². The van der Waals surface area contributed by atoms with Crippen molar-refractivity contribution in [2.24, 2.45) is 12.1 Å². The zero-order chi connectivity index (χ0) is 12.6. The van der Waals surface area contributed by atoms with Crippen LogP contribution in [0.3, 0.4) is 0 Å². The summed E-state index contributed by atoms with van der Waals surface area (Å²) in [6.07, 6.45) is 1.71. The van der Waals surface area contributed by atoms with E-state index in [9.17, 15) is 0 Å². The number of aryl methyl sites for hydroxylation is 2. The van der Waals surface area contributed by atoms with Crippen LogP contribution < -0.4 is 0 Å². The average molecular weight is 268 g/mol. The lowest BCUT2D eigenvalue weighted by molar-refractivity contribution is 0.731. The maximum Gasteiger partial charge on any atom is 0.215 e. The van der Waals surface area contributed by atoms with Gasteiger partial charge in [0.15, 0.2) is 0 Å². The molecule has 0 saturated heterocycles. The van der Waals surface area contributed by atoms with Crippen molar-refractivity contribution < 1.29 is 0 Å². The van der Waals surface area contributed by atoms with Crippen LogP contribution in [0.1, 0.15) is 17.0 Å². The van der Waals surface area contributed by atoms with E-state index in [2.05, 4.69) is 20.4 Å². The molecule has 0 aliphatic rings. The zero-order valence-electron chi connectivity index (χ0n) is 9.68. The van der Waals surface area contributed by atoms with Crippen LogP contribution in [0.2, 0.25) is 0 Å². The lowest BCUT2D eigenvalue weighted by Crippen LogP contribution is -1.95. The van der Waals surface area contributed by atoms with Crippen molar-refractivity contribution in [3.63, 3.8) is 0 Å². The number of hydrogen-bond donors (Lipinski definition) is 2. The molecule has 2 N–H and O–H groups in total. The van der Waals surface area contributed by atoms with E-state index in [0.717, 1.165) is 17.0 Å². The fourth-order valence-electron chi connectivity index (χ4n) is 1.50. The summed E-state index contributed by atoms with van der Waals surface area (Å²) in [6, 6.07) is 0. The van der Waals surface area contributed by atoms with Crippen molar-refractivity contribution in [3.8, 4) is 0 Å². The van der Waals surface area contributed by atoms with E-state index in [1.807, 2.05) is 25.6 Å². The molecule has 6 nitrogen and oxygen atoms in total. The molecule has 2 aromatic heterocycles. The van der Waals surface area contributed by atoms with Gasteiger partial charge < -0.3 is 0 Å². The summed E-state index contributed by atoms with van der Waals surface area (Å²) in [5, 5.41) is 14.0. The number of nitrogens with zero attached hydrogens (tertiary/aromatic N) is 4. The smallest absolute Gasteiger partial charge is 0.215 e. The monoisotopic (exact) mass is 268 g/mol. The Bertz CT molecular complexity index is 656. The number of aromatic nitrogens is 5. The van der Waals surface area contributed by atoms with E-state index in [0.29, 0.717) is 9.54 Å². The molecular weight excluding hydrogens is 256 g/mol. The van der Waals surface area contributed by atoms with Gasteiger partial charge in [0.25, 0.3) is 0 Å². The Morgan fingerprint density at radius 1 is 1.24 bits per heavy atom. The number of hydrogen-bond acceptors (Lipinski definition) is 4. The van der Waals surface area contributed by atoms with Crippen LogP contribution in [0, 0.1) is 23.4 Å². The molecule has 0 spiro atoms. The molecule has 0 aliphatic heterocycles. The minimum atomic E-state index is 0.436. The van der Waals surface area contributed by atoms with Crippen LogP contribution in [0.5, 0.6) is 0 Å². The lowest BCUT2D eigenvalue weighted by atomic mass is 10.2. The highest BCUT2D eigenvalue weighted by Gasteiger charge is 2.06. The van der Waals surface area contributed by atoms with Crippen LogP contribution in [0.4, 0.5) is 0 Å². The highest BCUT2D eigenvalue weighted by atomic mass is 32.1. The van der Waals surface area contributed by atoms with Crippen LogP contribution in [-0.4, -0.2) is 30.9 Å². The van der Waals surface area contributed by atoms with Gasteiger partial charge >= 0.3 is 0 Å². The van der Waals surface area contributed by atoms with E-state index < -0.39 is 0 Å². The fraction of sp³-hybridized carbons (Fsp3) is 0.333. The molecule has 0 bridgehead atoms. The summed E-state index contributed by atoms with van der Waals surface area (Å²) < 4.78 is 4.14. The molecule has 0 unspecified atom stereocenters. The molecule has 0 saturated carbocycles. The van der Waals surface area contributed by atoms with E-state index in [1.54, 1.807) is 6.21 Å². The number of nitrogens with one attached hydrogen (secondary N) is 2. The molecule has 0 amide bonds. The number of aromatic amines is 2. The highest BCUT2D eigenvalue weighted by molar-refractivity contribution is 7.72. The second-order valence-electron chi connectivity index (χ2n) is 3.62. The quantitative estimate of drug-likeness (QED) is 0.645. The van der Waals surface area contributed by atoms with E-state index >= 15 is 0 Å². The zero-order valence-corrected chi connectivity index (χ0v) is 11.3. The van der Waals surface area contributed by atoms with E-state index in [-0.39, 0.29) is 0 Å². The first-order chi connectivity index (χ1) is 8.00. The van der Waals surface area contributed by atoms with Gasteiger partial charge in [-0.15, -0.1) is 0 Å². The van der Waals surface area contributed by atoms with Crippen molar-refractivity contribution in [1.29, 1.82) is 0 Å². The Kier molecular flexibility index (Phi) is 3.07. The first kappa shape index (κ1) is 11.9. The second-order valence-corrected chi connectivity index (χ2v) is 4.40. The highest BCUT2D eigenvalue weighted by Crippen LogP contribution is 2.08. The maximum atomic E-state index is 5.03. The molecular formula is C9H12N6S2. The molecule has 0 atom stereocenters. The average Bonchev–Trinajstić information content (AvgIpc) is 2.70. The molecule has 8 heteroatoms. The fourth-order valence-corrected chi connectivity index (χ4v) is 1.94. The first-order valence-corrected chi connectivity index (χ1v) is 5.76. The standard InChI is InChI=1S/C9H12N6S2/c1-5-7(6(2)14(3)13-5)4-10-15-8(16)11-12-9(15)17/h4H,1-3H3,(H,11,16)(H,12,17). The SMILES string of the molecule is Cc1nn(C)c(C)c1C=Nn1c(=S)[nH][nH]c1=S.